The van der Waals surface area contributed by atoms with Gasteiger partial charge < -0.3 is 14.5 Å². The number of nitrogens with zero attached hydrogens (tertiary/aromatic N) is 1. The second-order valence-corrected chi connectivity index (χ2v) is 8.02. The Morgan fingerprint density at radius 3 is 2.00 bits per heavy atom. The standard InChI is InChI=1S/C30H24N2O3/c1-34-24-15-8-14-23(18-24)27-19-35-30(32-27)29(31-20-33)28-25(21-10-4-2-5-11-21)16-9-17-26(28)22-12-6-3-7-13-22/h2-20,29H,1H3,(H,31,33). The molecule has 0 spiro atoms. The van der Waals surface area contributed by atoms with E-state index in [1.165, 1.54) is 0 Å². The first-order valence-corrected chi connectivity index (χ1v) is 11.3. The molecule has 0 radical (unpaired) electrons. The van der Waals surface area contributed by atoms with Crippen LogP contribution in [0.25, 0.3) is 33.5 Å². The minimum atomic E-state index is -0.599. The number of benzene rings is 4. The maximum Gasteiger partial charge on any atom is 0.221 e. The first kappa shape index (κ1) is 22.2. The molecule has 1 N–H and O–H groups in total. The summed E-state index contributed by atoms with van der Waals surface area (Å²) in [4.78, 5) is 16.6. The number of hydrogen-bond donors (Lipinski definition) is 1. The zero-order valence-electron chi connectivity index (χ0n) is 19.2. The van der Waals surface area contributed by atoms with Crippen LogP contribution in [0.3, 0.4) is 0 Å². The summed E-state index contributed by atoms with van der Waals surface area (Å²) in [6.07, 6.45) is 2.30. The average Bonchev–Trinajstić information content (AvgIpc) is 3.42. The van der Waals surface area contributed by atoms with E-state index in [0.717, 1.165) is 39.1 Å². The largest absolute Gasteiger partial charge is 0.497 e. The van der Waals surface area contributed by atoms with Crippen LogP contribution < -0.4 is 10.1 Å². The number of ether oxygens (including phenoxy) is 1. The molecule has 5 rings (SSSR count). The molecule has 5 aromatic rings. The lowest BCUT2D eigenvalue weighted by atomic mass is 9.87. The molecule has 0 saturated carbocycles. The number of methoxy groups -OCH3 is 1. The van der Waals surface area contributed by atoms with Gasteiger partial charge in [0, 0.05) is 5.56 Å². The minimum Gasteiger partial charge on any atom is -0.497 e. The van der Waals surface area contributed by atoms with Gasteiger partial charge in [0.2, 0.25) is 12.3 Å². The van der Waals surface area contributed by atoms with E-state index in [1.807, 2.05) is 66.7 Å². The lowest BCUT2D eigenvalue weighted by molar-refractivity contribution is -0.110. The quantitative estimate of drug-likeness (QED) is 0.268. The van der Waals surface area contributed by atoms with Crippen LogP contribution in [-0.4, -0.2) is 18.5 Å². The van der Waals surface area contributed by atoms with Gasteiger partial charge in [0.1, 0.15) is 23.7 Å². The summed E-state index contributed by atoms with van der Waals surface area (Å²) in [6, 6.07) is 33.4. The number of nitrogens with one attached hydrogen (secondary N) is 1. The molecule has 1 unspecified atom stereocenters. The molecule has 0 saturated heterocycles. The van der Waals surface area contributed by atoms with Gasteiger partial charge >= 0.3 is 0 Å². The molecule has 172 valence electrons. The number of carbonyl (C=O) groups is 1. The Hall–Kier alpha value is -4.64. The number of carbonyl (C=O) groups excluding carboxylic acids is 1. The molecule has 1 amide bonds. The van der Waals surface area contributed by atoms with E-state index in [9.17, 15) is 4.79 Å². The third-order valence-electron chi connectivity index (χ3n) is 5.93. The average molecular weight is 461 g/mol. The van der Waals surface area contributed by atoms with Crippen molar-refractivity contribution >= 4 is 6.41 Å². The van der Waals surface area contributed by atoms with E-state index < -0.39 is 6.04 Å². The van der Waals surface area contributed by atoms with Gasteiger partial charge in [-0.05, 0) is 39.9 Å². The second-order valence-electron chi connectivity index (χ2n) is 8.02. The fourth-order valence-corrected chi connectivity index (χ4v) is 4.30. The third kappa shape index (κ3) is 4.57. The molecule has 1 heterocycles. The van der Waals surface area contributed by atoms with Crippen LogP contribution in [0.4, 0.5) is 0 Å². The summed E-state index contributed by atoms with van der Waals surface area (Å²) < 4.78 is 11.3. The summed E-state index contributed by atoms with van der Waals surface area (Å²) >= 11 is 0. The Kier molecular flexibility index (Phi) is 6.39. The first-order valence-electron chi connectivity index (χ1n) is 11.3. The zero-order valence-corrected chi connectivity index (χ0v) is 19.2. The van der Waals surface area contributed by atoms with Crippen LogP contribution in [0.2, 0.25) is 0 Å². The van der Waals surface area contributed by atoms with E-state index in [0.29, 0.717) is 18.0 Å². The van der Waals surface area contributed by atoms with Crippen LogP contribution in [0, 0.1) is 0 Å². The fraction of sp³-hybridized carbons (Fsp3) is 0.0667. The van der Waals surface area contributed by atoms with Gasteiger partial charge in [0.25, 0.3) is 0 Å². The van der Waals surface area contributed by atoms with Gasteiger partial charge in [0.15, 0.2) is 0 Å². The Bertz CT molecular complexity index is 1370. The van der Waals surface area contributed by atoms with Gasteiger partial charge in [-0.25, -0.2) is 4.98 Å². The maximum atomic E-state index is 11.8. The van der Waals surface area contributed by atoms with Gasteiger partial charge in [-0.2, -0.15) is 0 Å². The topological polar surface area (TPSA) is 64.4 Å². The highest BCUT2D eigenvalue weighted by atomic mass is 16.5. The summed E-state index contributed by atoms with van der Waals surface area (Å²) in [5, 5.41) is 2.96. The van der Waals surface area contributed by atoms with Crippen molar-refractivity contribution in [2.75, 3.05) is 7.11 Å². The summed E-state index contributed by atoms with van der Waals surface area (Å²) in [5.41, 5.74) is 6.50. The molecule has 1 aromatic heterocycles. The molecule has 5 heteroatoms. The number of rotatable bonds is 8. The molecule has 0 aliphatic rings. The van der Waals surface area contributed by atoms with Crippen molar-refractivity contribution in [3.8, 4) is 39.3 Å². The Morgan fingerprint density at radius 2 is 1.40 bits per heavy atom. The molecule has 35 heavy (non-hydrogen) atoms. The molecular formula is C30H24N2O3. The van der Waals surface area contributed by atoms with E-state index in [1.54, 1.807) is 13.4 Å². The Labute approximate surface area is 204 Å². The lowest BCUT2D eigenvalue weighted by Crippen LogP contribution is -2.22. The molecule has 0 aliphatic carbocycles. The van der Waals surface area contributed by atoms with Crippen LogP contribution in [0.1, 0.15) is 17.5 Å². The molecule has 0 aliphatic heterocycles. The first-order chi connectivity index (χ1) is 17.3. The molecule has 0 bridgehead atoms. The smallest absolute Gasteiger partial charge is 0.221 e. The summed E-state index contributed by atoms with van der Waals surface area (Å²) in [7, 11) is 1.63. The zero-order chi connectivity index (χ0) is 24.0. The van der Waals surface area contributed by atoms with Crippen LogP contribution >= 0.6 is 0 Å². The maximum absolute atomic E-state index is 11.8. The summed E-state index contributed by atoms with van der Waals surface area (Å²) in [6.45, 7) is 0. The van der Waals surface area contributed by atoms with Crippen molar-refractivity contribution in [3.05, 3.63) is 121 Å². The van der Waals surface area contributed by atoms with Gasteiger partial charge in [-0.3, -0.25) is 4.79 Å². The molecule has 4 aromatic carbocycles. The van der Waals surface area contributed by atoms with E-state index >= 15 is 0 Å². The number of amides is 1. The van der Waals surface area contributed by atoms with Gasteiger partial charge in [0.05, 0.1) is 7.11 Å². The highest BCUT2D eigenvalue weighted by Gasteiger charge is 2.26. The fourth-order valence-electron chi connectivity index (χ4n) is 4.30. The van der Waals surface area contributed by atoms with Crippen LogP contribution in [0.5, 0.6) is 5.75 Å². The van der Waals surface area contributed by atoms with Crippen molar-refractivity contribution in [1.29, 1.82) is 0 Å². The molecule has 5 nitrogen and oxygen atoms in total. The predicted octanol–water partition coefficient (Wildman–Crippen LogP) is 6.52. The highest BCUT2D eigenvalue weighted by Crippen LogP contribution is 2.39. The predicted molar refractivity (Wildman–Crippen MR) is 137 cm³/mol. The Morgan fingerprint density at radius 1 is 0.800 bits per heavy atom. The lowest BCUT2D eigenvalue weighted by Gasteiger charge is -2.22. The highest BCUT2D eigenvalue weighted by molar-refractivity contribution is 5.80. The molecular weight excluding hydrogens is 436 g/mol. The van der Waals surface area contributed by atoms with Crippen LogP contribution in [0.15, 0.2) is 114 Å². The van der Waals surface area contributed by atoms with Gasteiger partial charge in [-0.15, -0.1) is 0 Å². The second kappa shape index (κ2) is 10.1. The van der Waals surface area contributed by atoms with Crippen molar-refractivity contribution in [2.24, 2.45) is 0 Å². The number of oxazole rings is 1. The summed E-state index contributed by atoms with van der Waals surface area (Å²) in [5.74, 6) is 1.13. The van der Waals surface area contributed by atoms with Crippen LogP contribution in [-0.2, 0) is 4.79 Å². The Balaban J connectivity index is 1.68. The van der Waals surface area contributed by atoms with Crippen molar-refractivity contribution in [1.82, 2.24) is 10.3 Å². The minimum absolute atomic E-state index is 0.399. The number of aromatic nitrogens is 1. The SMILES string of the molecule is COc1cccc(-c2coc(C(NC=O)c3c(-c4ccccc4)cccc3-c3ccccc3)n2)c1. The molecule has 0 fully saturated rings. The number of hydrogen-bond acceptors (Lipinski definition) is 4. The van der Waals surface area contributed by atoms with E-state index in [2.05, 4.69) is 41.7 Å². The van der Waals surface area contributed by atoms with Crippen molar-refractivity contribution in [2.45, 2.75) is 6.04 Å². The normalized spacial score (nSPS) is 11.6. The monoisotopic (exact) mass is 460 g/mol. The van der Waals surface area contributed by atoms with E-state index in [-0.39, 0.29) is 0 Å². The van der Waals surface area contributed by atoms with Gasteiger partial charge in [-0.1, -0.05) is 91.0 Å². The van der Waals surface area contributed by atoms with Crippen molar-refractivity contribution < 1.29 is 13.9 Å². The van der Waals surface area contributed by atoms with Crippen molar-refractivity contribution in [3.63, 3.8) is 0 Å². The third-order valence-corrected chi connectivity index (χ3v) is 5.93. The molecule has 1 atom stereocenters. The van der Waals surface area contributed by atoms with E-state index in [4.69, 9.17) is 14.1 Å².